The molecule has 5 heavy (non-hydrogen) atoms. The van der Waals surface area contributed by atoms with Crippen LogP contribution in [0.15, 0.2) is 0 Å². The Hall–Kier alpha value is 1.24. The molecule has 0 aliphatic heterocycles. The first-order valence-corrected chi connectivity index (χ1v) is 2.76. The molecule has 0 saturated heterocycles. The van der Waals surface area contributed by atoms with Crippen molar-refractivity contribution >= 4 is 14.5 Å². The summed E-state index contributed by atoms with van der Waals surface area (Å²) in [5.74, 6) is 0. The van der Waals surface area contributed by atoms with Crippen molar-refractivity contribution in [1.29, 1.82) is 0 Å². The summed E-state index contributed by atoms with van der Waals surface area (Å²) in [7, 11) is 0. The van der Waals surface area contributed by atoms with Gasteiger partial charge in [-0.15, -0.1) is 0 Å². The summed E-state index contributed by atoms with van der Waals surface area (Å²) in [6.07, 6.45) is 0. The Morgan fingerprint density at radius 1 is 1.40 bits per heavy atom. The molecule has 0 spiro atoms. The summed E-state index contributed by atoms with van der Waals surface area (Å²) in [6, 6.07) is 0. The fourth-order valence-electron chi connectivity index (χ4n) is 0. The van der Waals surface area contributed by atoms with Crippen LogP contribution in [-0.2, 0) is 3.83 Å². The largest absolute Gasteiger partial charge is 1.00 e. The molecule has 0 rings (SSSR count). The zero-order valence-corrected chi connectivity index (χ0v) is 6.42. The van der Waals surface area contributed by atoms with Crippen molar-refractivity contribution in [3.63, 3.8) is 0 Å². The van der Waals surface area contributed by atoms with E-state index in [1.165, 1.54) is 0 Å². The van der Waals surface area contributed by atoms with Crippen LogP contribution in [0.3, 0.4) is 0 Å². The molecule has 3 nitrogen and oxygen atoms in total. The molecule has 0 radical (unpaired) electrons. The molecule has 0 aromatic heterocycles. The predicted octanol–water partition coefficient (Wildman–Crippen LogP) is -4.61. The minimum absolute atomic E-state index is 0. The molecule has 0 heterocycles. The van der Waals surface area contributed by atoms with E-state index in [1.807, 2.05) is 0 Å². The van der Waals surface area contributed by atoms with Gasteiger partial charge in [0.25, 0.3) is 0 Å². The molecular formula is H2NaO3Se+. The fraction of sp³-hybridized carbons (Fsp3) is 0. The van der Waals surface area contributed by atoms with E-state index in [0.29, 0.717) is 0 Å². The monoisotopic (exact) mass is 153 g/mol. The third kappa shape index (κ3) is 35.8. The number of rotatable bonds is 0. The van der Waals surface area contributed by atoms with Crippen LogP contribution in [0.25, 0.3) is 0 Å². The first-order chi connectivity index (χ1) is 1.73. The van der Waals surface area contributed by atoms with Crippen LogP contribution < -0.4 is 29.6 Å². The molecular weight excluding hydrogens is 150 g/mol. The van der Waals surface area contributed by atoms with Crippen molar-refractivity contribution in [3.8, 4) is 0 Å². The van der Waals surface area contributed by atoms with Crippen LogP contribution in [0, 0.1) is 0 Å². The van der Waals surface area contributed by atoms with Crippen molar-refractivity contribution in [3.05, 3.63) is 0 Å². The maximum atomic E-state index is 8.76. The molecule has 0 saturated carbocycles. The van der Waals surface area contributed by atoms with Gasteiger partial charge in [0.1, 0.15) is 0 Å². The molecule has 2 N–H and O–H groups in total. The molecule has 0 amide bonds. The van der Waals surface area contributed by atoms with Gasteiger partial charge in [-0.1, -0.05) is 0 Å². The molecule has 0 aliphatic carbocycles. The summed E-state index contributed by atoms with van der Waals surface area (Å²) in [6.45, 7) is 0. The maximum absolute atomic E-state index is 8.76. The Balaban J connectivity index is 0. The Morgan fingerprint density at radius 3 is 1.40 bits per heavy atom. The van der Waals surface area contributed by atoms with Gasteiger partial charge in [0.15, 0.2) is 0 Å². The summed E-state index contributed by atoms with van der Waals surface area (Å²) in [5.41, 5.74) is 0. The van der Waals surface area contributed by atoms with Crippen LogP contribution in [0.5, 0.6) is 0 Å². The van der Waals surface area contributed by atoms with Gasteiger partial charge in [0.2, 0.25) is 0 Å². The normalized spacial score (nSPS) is 7.00. The Kier molecular flexibility index (Phi) is 9.99. The summed E-state index contributed by atoms with van der Waals surface area (Å²) >= 11 is -3.29. The smallest absolute Gasteiger partial charge is 1.00 e. The van der Waals surface area contributed by atoms with E-state index in [-0.39, 0.29) is 29.6 Å². The van der Waals surface area contributed by atoms with E-state index in [0.717, 1.165) is 0 Å². The second-order valence-electron chi connectivity index (χ2n) is 0.231. The molecule has 0 aromatic carbocycles. The van der Waals surface area contributed by atoms with E-state index < -0.39 is 14.5 Å². The van der Waals surface area contributed by atoms with Crippen molar-refractivity contribution in [2.75, 3.05) is 0 Å². The van der Waals surface area contributed by atoms with Crippen molar-refractivity contribution in [1.82, 2.24) is 0 Å². The van der Waals surface area contributed by atoms with Crippen LogP contribution in [0.2, 0.25) is 0 Å². The van der Waals surface area contributed by atoms with Gasteiger partial charge in [-0.25, -0.2) is 0 Å². The van der Waals surface area contributed by atoms with Crippen LogP contribution in [0.1, 0.15) is 0 Å². The number of hydrogen-bond donors (Lipinski definition) is 2. The Labute approximate surface area is 56.0 Å². The first kappa shape index (κ1) is 9.53. The molecule has 0 aromatic rings. The molecule has 5 heteroatoms. The summed E-state index contributed by atoms with van der Waals surface area (Å²) in [4.78, 5) is 0. The quantitative estimate of drug-likeness (QED) is 0.343. The molecule has 0 bridgehead atoms. The second-order valence-corrected chi connectivity index (χ2v) is 1.20. The van der Waals surface area contributed by atoms with Gasteiger partial charge in [-0.05, 0) is 0 Å². The molecule has 26 valence electrons. The average molecular weight is 152 g/mol. The van der Waals surface area contributed by atoms with Gasteiger partial charge in [0, 0.05) is 0 Å². The van der Waals surface area contributed by atoms with Gasteiger partial charge in [0.05, 0.1) is 0 Å². The second kappa shape index (κ2) is 5.24. The SMILES string of the molecule is O=[Se](O)O.[Na+]. The van der Waals surface area contributed by atoms with E-state index in [4.69, 9.17) is 12.2 Å². The van der Waals surface area contributed by atoms with Crippen LogP contribution in [-0.4, -0.2) is 22.9 Å². The standard InChI is InChI=1S/Na.H2O3Se/c;1-4(2)3/h;(H2,1,2,3)/q+1;. The van der Waals surface area contributed by atoms with Gasteiger partial charge in [-0.3, -0.25) is 0 Å². The Bertz CT molecular complexity index is 29.9. The predicted molar refractivity (Wildman–Crippen MR) is 10.9 cm³/mol. The van der Waals surface area contributed by atoms with E-state index in [9.17, 15) is 0 Å². The zero-order valence-electron chi connectivity index (χ0n) is 2.71. The third-order valence-electron chi connectivity index (χ3n) is 0. The average Bonchev–Trinajstić information content (AvgIpc) is 0.811. The molecule has 0 unspecified atom stereocenters. The fourth-order valence-corrected chi connectivity index (χ4v) is 0. The van der Waals surface area contributed by atoms with Gasteiger partial charge < -0.3 is 0 Å². The molecule has 0 fully saturated rings. The van der Waals surface area contributed by atoms with Gasteiger partial charge >= 0.3 is 56.3 Å². The minimum Gasteiger partial charge on any atom is 1.00 e. The third-order valence-corrected chi connectivity index (χ3v) is 0. The topological polar surface area (TPSA) is 57.5 Å². The van der Waals surface area contributed by atoms with Crippen molar-refractivity contribution in [2.24, 2.45) is 0 Å². The summed E-state index contributed by atoms with van der Waals surface area (Å²) < 4.78 is 23.1. The van der Waals surface area contributed by atoms with Crippen LogP contribution >= 0.6 is 0 Å². The van der Waals surface area contributed by atoms with Crippen LogP contribution in [0.4, 0.5) is 0 Å². The molecule has 0 aliphatic rings. The van der Waals surface area contributed by atoms with Crippen molar-refractivity contribution < 1.29 is 41.8 Å². The maximum Gasteiger partial charge on any atom is 1.00 e. The Morgan fingerprint density at radius 2 is 1.40 bits per heavy atom. The molecule has 0 atom stereocenters. The van der Waals surface area contributed by atoms with E-state index in [1.54, 1.807) is 0 Å². The zero-order chi connectivity index (χ0) is 3.58. The van der Waals surface area contributed by atoms with Gasteiger partial charge in [-0.2, -0.15) is 0 Å². The number of hydrogen-bond acceptors (Lipinski definition) is 1. The minimum atomic E-state index is -3.29. The first-order valence-electron chi connectivity index (χ1n) is 0.532. The summed E-state index contributed by atoms with van der Waals surface area (Å²) in [5, 5.41) is 0. The van der Waals surface area contributed by atoms with E-state index >= 15 is 0 Å². The van der Waals surface area contributed by atoms with Crippen molar-refractivity contribution in [2.45, 2.75) is 0 Å². The van der Waals surface area contributed by atoms with E-state index in [2.05, 4.69) is 0 Å².